The average Bonchev–Trinajstić information content (AvgIpc) is 1.96. The number of hydrogen-bond acceptors (Lipinski definition) is 3. The van der Waals surface area contributed by atoms with Crippen molar-refractivity contribution in [3.8, 4) is 0 Å². The molecule has 1 saturated heterocycles. The summed E-state index contributed by atoms with van der Waals surface area (Å²) >= 11 is 0. The number of hydrogen-bond donors (Lipinski definition) is 2. The highest BCUT2D eigenvalue weighted by molar-refractivity contribution is 5.75. The third kappa shape index (κ3) is 4.94. The number of piperidine rings is 1. The Bertz CT molecular complexity index is 247. The molecule has 0 aliphatic carbocycles. The van der Waals surface area contributed by atoms with Gasteiger partial charge in [0.2, 0.25) is 5.91 Å². The molecule has 4 N–H and O–H groups in total. The number of carbonyl (C=O) groups is 1. The number of primary amides is 1. The summed E-state index contributed by atoms with van der Waals surface area (Å²) in [4.78, 5) is 13.0. The lowest BCUT2D eigenvalue weighted by atomic mass is 9.80. The van der Waals surface area contributed by atoms with E-state index in [9.17, 15) is 4.79 Å². The molecule has 1 heterocycles. The molecule has 0 aromatic rings. The van der Waals surface area contributed by atoms with Crippen LogP contribution in [0.2, 0.25) is 0 Å². The van der Waals surface area contributed by atoms with Crippen LogP contribution in [0.25, 0.3) is 0 Å². The highest BCUT2D eigenvalue weighted by atomic mass is 16.1. The van der Waals surface area contributed by atoms with E-state index < -0.39 is 0 Å². The highest BCUT2D eigenvalue weighted by Crippen LogP contribution is 2.29. The maximum Gasteiger partial charge on any atom is 0.231 e. The Hall–Kier alpha value is -0.610. The smallest absolute Gasteiger partial charge is 0.231 e. The van der Waals surface area contributed by atoms with Gasteiger partial charge in [0.15, 0.2) is 0 Å². The van der Waals surface area contributed by atoms with Crippen LogP contribution in [0.4, 0.5) is 0 Å². The van der Waals surface area contributed by atoms with Gasteiger partial charge in [-0.05, 0) is 24.2 Å². The maximum atomic E-state index is 10.9. The van der Waals surface area contributed by atoms with E-state index in [1.54, 1.807) is 0 Å². The van der Waals surface area contributed by atoms with Crippen LogP contribution < -0.4 is 11.5 Å². The minimum absolute atomic E-state index is 0.181. The number of rotatable bonds is 3. The highest BCUT2D eigenvalue weighted by Gasteiger charge is 2.28. The Morgan fingerprint density at radius 3 is 2.50 bits per heavy atom. The van der Waals surface area contributed by atoms with Gasteiger partial charge in [0.05, 0.1) is 6.54 Å². The summed E-state index contributed by atoms with van der Waals surface area (Å²) in [6.45, 7) is 8.81. The lowest BCUT2D eigenvalue weighted by Gasteiger charge is -2.38. The molecular weight excluding hydrogens is 202 g/mol. The second-order valence-corrected chi connectivity index (χ2v) is 6.29. The van der Waals surface area contributed by atoms with Crippen LogP contribution in [0.3, 0.4) is 0 Å². The van der Waals surface area contributed by atoms with E-state index in [-0.39, 0.29) is 11.9 Å². The third-order valence-corrected chi connectivity index (χ3v) is 2.93. The molecule has 4 heteroatoms. The van der Waals surface area contributed by atoms with E-state index in [0.717, 1.165) is 25.9 Å². The van der Waals surface area contributed by atoms with Crippen molar-refractivity contribution in [2.24, 2.45) is 22.8 Å². The Labute approximate surface area is 98.3 Å². The fourth-order valence-electron chi connectivity index (χ4n) is 2.71. The first-order chi connectivity index (χ1) is 7.26. The summed E-state index contributed by atoms with van der Waals surface area (Å²) in [6.07, 6.45) is 2.21. The molecule has 4 nitrogen and oxygen atoms in total. The Morgan fingerprint density at radius 2 is 2.00 bits per heavy atom. The van der Waals surface area contributed by atoms with Crippen molar-refractivity contribution in [3.05, 3.63) is 0 Å². The van der Waals surface area contributed by atoms with Gasteiger partial charge in [-0.1, -0.05) is 20.8 Å². The molecule has 0 bridgehead atoms. The van der Waals surface area contributed by atoms with Crippen LogP contribution >= 0.6 is 0 Å². The fourth-order valence-corrected chi connectivity index (χ4v) is 2.71. The Balaban J connectivity index is 2.50. The SMILES string of the molecule is CC(C)(C)CC1CC(N)CN(CC(N)=O)C1. The van der Waals surface area contributed by atoms with E-state index in [1.807, 2.05) is 0 Å². The van der Waals surface area contributed by atoms with Crippen molar-refractivity contribution in [1.29, 1.82) is 0 Å². The molecule has 2 unspecified atom stereocenters. The summed E-state index contributed by atoms with van der Waals surface area (Å²) in [5.74, 6) is 0.326. The summed E-state index contributed by atoms with van der Waals surface area (Å²) < 4.78 is 0. The number of amides is 1. The lowest BCUT2D eigenvalue weighted by molar-refractivity contribution is -0.119. The van der Waals surface area contributed by atoms with E-state index in [4.69, 9.17) is 11.5 Å². The number of carbonyl (C=O) groups excluding carboxylic acids is 1. The van der Waals surface area contributed by atoms with Gasteiger partial charge in [0.25, 0.3) is 0 Å². The molecule has 1 fully saturated rings. The van der Waals surface area contributed by atoms with E-state index in [2.05, 4.69) is 25.7 Å². The fraction of sp³-hybridized carbons (Fsp3) is 0.917. The molecule has 94 valence electrons. The molecule has 1 rings (SSSR count). The zero-order valence-corrected chi connectivity index (χ0v) is 10.7. The third-order valence-electron chi connectivity index (χ3n) is 2.93. The van der Waals surface area contributed by atoms with Crippen LogP contribution in [0.1, 0.15) is 33.6 Å². The van der Waals surface area contributed by atoms with Gasteiger partial charge in [0, 0.05) is 19.1 Å². The van der Waals surface area contributed by atoms with Crippen LogP contribution in [-0.4, -0.2) is 36.5 Å². The number of likely N-dealkylation sites (tertiary alicyclic amines) is 1. The topological polar surface area (TPSA) is 72.3 Å². The summed E-state index contributed by atoms with van der Waals surface area (Å²) in [7, 11) is 0. The van der Waals surface area contributed by atoms with Gasteiger partial charge in [-0.2, -0.15) is 0 Å². The van der Waals surface area contributed by atoms with Crippen molar-refractivity contribution in [2.75, 3.05) is 19.6 Å². The van der Waals surface area contributed by atoms with Crippen molar-refractivity contribution in [1.82, 2.24) is 4.90 Å². The van der Waals surface area contributed by atoms with Gasteiger partial charge in [-0.15, -0.1) is 0 Å². The largest absolute Gasteiger partial charge is 0.369 e. The van der Waals surface area contributed by atoms with Crippen LogP contribution in [-0.2, 0) is 4.79 Å². The molecule has 1 aliphatic rings. The predicted octanol–water partition coefficient (Wildman–Crippen LogP) is 0.557. The van der Waals surface area contributed by atoms with E-state index in [1.165, 1.54) is 0 Å². The number of nitrogens with zero attached hydrogens (tertiary/aromatic N) is 1. The first-order valence-electron chi connectivity index (χ1n) is 6.02. The van der Waals surface area contributed by atoms with Crippen LogP contribution in [0, 0.1) is 11.3 Å². The molecule has 2 atom stereocenters. The van der Waals surface area contributed by atoms with Gasteiger partial charge >= 0.3 is 0 Å². The molecule has 0 spiro atoms. The molecule has 0 saturated carbocycles. The molecule has 0 aromatic carbocycles. The second kappa shape index (κ2) is 5.15. The summed E-state index contributed by atoms with van der Waals surface area (Å²) in [5, 5.41) is 0. The van der Waals surface area contributed by atoms with Crippen molar-refractivity contribution in [3.63, 3.8) is 0 Å². The zero-order chi connectivity index (χ0) is 12.3. The average molecular weight is 227 g/mol. The van der Waals surface area contributed by atoms with Gasteiger partial charge in [0.1, 0.15) is 0 Å². The van der Waals surface area contributed by atoms with Crippen molar-refractivity contribution < 1.29 is 4.79 Å². The molecule has 0 radical (unpaired) electrons. The lowest BCUT2D eigenvalue weighted by Crippen LogP contribution is -2.50. The monoisotopic (exact) mass is 227 g/mol. The van der Waals surface area contributed by atoms with Gasteiger partial charge in [-0.3, -0.25) is 9.69 Å². The summed E-state index contributed by atoms with van der Waals surface area (Å²) in [6, 6.07) is 0.181. The van der Waals surface area contributed by atoms with E-state index >= 15 is 0 Å². The van der Waals surface area contributed by atoms with Gasteiger partial charge < -0.3 is 11.5 Å². The minimum Gasteiger partial charge on any atom is -0.369 e. The van der Waals surface area contributed by atoms with Gasteiger partial charge in [-0.25, -0.2) is 0 Å². The summed E-state index contributed by atoms with van der Waals surface area (Å²) in [5.41, 5.74) is 11.6. The zero-order valence-electron chi connectivity index (χ0n) is 10.7. The number of nitrogens with two attached hydrogens (primary N) is 2. The molecule has 1 aliphatic heterocycles. The van der Waals surface area contributed by atoms with Crippen LogP contribution in [0.15, 0.2) is 0 Å². The standard InChI is InChI=1S/C12H25N3O/c1-12(2,3)5-9-4-10(13)7-15(6-9)8-11(14)16/h9-10H,4-8,13H2,1-3H3,(H2,14,16). The molecular formula is C12H25N3O. The molecule has 1 amide bonds. The predicted molar refractivity (Wildman–Crippen MR) is 65.8 cm³/mol. The normalized spacial score (nSPS) is 28.0. The quantitative estimate of drug-likeness (QED) is 0.740. The Kier molecular flexibility index (Phi) is 4.33. The Morgan fingerprint density at radius 1 is 1.38 bits per heavy atom. The first kappa shape index (κ1) is 13.5. The molecule has 0 aromatic heterocycles. The van der Waals surface area contributed by atoms with Crippen LogP contribution in [0.5, 0.6) is 0 Å². The van der Waals surface area contributed by atoms with Crippen molar-refractivity contribution >= 4 is 5.91 Å². The molecule has 16 heavy (non-hydrogen) atoms. The van der Waals surface area contributed by atoms with Crippen molar-refractivity contribution in [2.45, 2.75) is 39.7 Å². The minimum atomic E-state index is -0.261. The second-order valence-electron chi connectivity index (χ2n) is 6.29. The first-order valence-corrected chi connectivity index (χ1v) is 6.02. The van der Waals surface area contributed by atoms with E-state index in [0.29, 0.717) is 17.9 Å². The maximum absolute atomic E-state index is 10.9.